The van der Waals surface area contributed by atoms with Crippen molar-refractivity contribution >= 4 is 5.91 Å². The third-order valence-corrected chi connectivity index (χ3v) is 5.53. The lowest BCUT2D eigenvalue weighted by Crippen LogP contribution is -2.31. The summed E-state index contributed by atoms with van der Waals surface area (Å²) in [6, 6.07) is 6.32. The van der Waals surface area contributed by atoms with Crippen molar-refractivity contribution in [2.75, 3.05) is 13.7 Å². The van der Waals surface area contributed by atoms with Crippen LogP contribution >= 0.6 is 0 Å². The topological polar surface area (TPSA) is 38.3 Å². The lowest BCUT2D eigenvalue weighted by atomic mass is 9.81. The third kappa shape index (κ3) is 4.27. The van der Waals surface area contributed by atoms with Crippen molar-refractivity contribution in [1.29, 1.82) is 0 Å². The van der Waals surface area contributed by atoms with Crippen LogP contribution in [-0.2, 0) is 11.2 Å². The molecule has 1 unspecified atom stereocenters. The summed E-state index contributed by atoms with van der Waals surface area (Å²) in [4.78, 5) is 12.4. The second-order valence-electron chi connectivity index (χ2n) is 7.17. The molecular weight excluding hydrogens is 286 g/mol. The first-order chi connectivity index (χ1) is 11.3. The average molecular weight is 315 g/mol. The summed E-state index contributed by atoms with van der Waals surface area (Å²) in [5.41, 5.74) is 2.71. The van der Waals surface area contributed by atoms with Crippen molar-refractivity contribution in [3.63, 3.8) is 0 Å². The maximum absolute atomic E-state index is 12.4. The first-order valence-corrected chi connectivity index (χ1v) is 9.20. The van der Waals surface area contributed by atoms with Crippen molar-refractivity contribution < 1.29 is 9.53 Å². The van der Waals surface area contributed by atoms with Gasteiger partial charge in [0.2, 0.25) is 5.91 Å². The predicted molar refractivity (Wildman–Crippen MR) is 92.9 cm³/mol. The molecule has 0 saturated heterocycles. The van der Waals surface area contributed by atoms with E-state index in [9.17, 15) is 4.79 Å². The van der Waals surface area contributed by atoms with Gasteiger partial charge in [0.1, 0.15) is 5.75 Å². The normalized spacial score (nSPS) is 21.5. The Bertz CT molecular complexity index is 534. The number of aryl methyl sites for hydroxylation is 1. The molecule has 0 aliphatic heterocycles. The van der Waals surface area contributed by atoms with E-state index in [4.69, 9.17) is 4.74 Å². The van der Waals surface area contributed by atoms with Crippen molar-refractivity contribution in [2.45, 2.75) is 63.7 Å². The van der Waals surface area contributed by atoms with Crippen LogP contribution in [0.3, 0.4) is 0 Å². The Labute approximate surface area is 139 Å². The van der Waals surface area contributed by atoms with Gasteiger partial charge in [-0.1, -0.05) is 25.3 Å². The van der Waals surface area contributed by atoms with Crippen LogP contribution in [0.2, 0.25) is 0 Å². The van der Waals surface area contributed by atoms with E-state index in [1.165, 1.54) is 49.7 Å². The van der Waals surface area contributed by atoms with E-state index in [-0.39, 0.29) is 5.91 Å². The van der Waals surface area contributed by atoms with Gasteiger partial charge in [-0.2, -0.15) is 0 Å². The molecule has 23 heavy (non-hydrogen) atoms. The lowest BCUT2D eigenvalue weighted by molar-refractivity contribution is -0.121. The van der Waals surface area contributed by atoms with Crippen molar-refractivity contribution in [3.05, 3.63) is 29.3 Å². The number of carbonyl (C=O) groups is 1. The smallest absolute Gasteiger partial charge is 0.220 e. The Hall–Kier alpha value is -1.51. The highest BCUT2D eigenvalue weighted by Crippen LogP contribution is 2.35. The summed E-state index contributed by atoms with van der Waals surface area (Å²) in [7, 11) is 1.71. The van der Waals surface area contributed by atoms with Crippen LogP contribution in [-0.4, -0.2) is 19.6 Å². The van der Waals surface area contributed by atoms with Gasteiger partial charge in [0.25, 0.3) is 0 Å². The fourth-order valence-electron chi connectivity index (χ4n) is 4.18. The third-order valence-electron chi connectivity index (χ3n) is 5.53. The summed E-state index contributed by atoms with van der Waals surface area (Å²) in [6.45, 7) is 0.876. The van der Waals surface area contributed by atoms with E-state index in [2.05, 4.69) is 17.4 Å². The predicted octanol–water partition coefficient (Wildman–Crippen LogP) is 4.20. The molecule has 3 rings (SSSR count). The number of carbonyl (C=O) groups excluding carboxylic acids is 1. The standard InChI is InChI=1S/C20H29NO2/c1-23-18-10-11-19-16(12-18)8-5-9-17(19)13-20(22)21-14-15-6-3-2-4-7-15/h10-12,15,17H,2-9,13-14H2,1H3,(H,21,22). The Kier molecular flexibility index (Phi) is 5.58. The minimum atomic E-state index is 0.226. The van der Waals surface area contributed by atoms with Gasteiger partial charge in [0.05, 0.1) is 7.11 Å². The summed E-state index contributed by atoms with van der Waals surface area (Å²) in [5, 5.41) is 3.19. The number of fused-ring (bicyclic) bond motifs is 1. The van der Waals surface area contributed by atoms with E-state index >= 15 is 0 Å². The monoisotopic (exact) mass is 315 g/mol. The van der Waals surface area contributed by atoms with Crippen LogP contribution in [0.4, 0.5) is 0 Å². The molecule has 0 spiro atoms. The molecule has 2 aliphatic rings. The molecule has 1 atom stereocenters. The van der Waals surface area contributed by atoms with Gasteiger partial charge >= 0.3 is 0 Å². The van der Waals surface area contributed by atoms with Gasteiger partial charge in [0, 0.05) is 13.0 Å². The second-order valence-corrected chi connectivity index (χ2v) is 7.17. The number of rotatable bonds is 5. The van der Waals surface area contributed by atoms with Crippen LogP contribution < -0.4 is 10.1 Å². The summed E-state index contributed by atoms with van der Waals surface area (Å²) in [6.07, 6.45) is 10.6. The number of hydrogen-bond acceptors (Lipinski definition) is 2. The molecule has 1 fully saturated rings. The van der Waals surface area contributed by atoms with Crippen LogP contribution in [0, 0.1) is 5.92 Å². The fourth-order valence-corrected chi connectivity index (χ4v) is 4.18. The summed E-state index contributed by atoms with van der Waals surface area (Å²) in [5.74, 6) is 2.22. The fraction of sp³-hybridized carbons (Fsp3) is 0.650. The molecule has 1 N–H and O–H groups in total. The van der Waals surface area contributed by atoms with Gasteiger partial charge in [-0.15, -0.1) is 0 Å². The van der Waals surface area contributed by atoms with Crippen molar-refractivity contribution in [2.24, 2.45) is 5.92 Å². The molecule has 0 bridgehead atoms. The Morgan fingerprint density at radius 1 is 1.17 bits per heavy atom. The number of hydrogen-bond donors (Lipinski definition) is 1. The van der Waals surface area contributed by atoms with E-state index in [0.717, 1.165) is 25.1 Å². The Morgan fingerprint density at radius 3 is 2.78 bits per heavy atom. The minimum Gasteiger partial charge on any atom is -0.497 e. The zero-order valence-corrected chi connectivity index (χ0v) is 14.3. The highest BCUT2D eigenvalue weighted by molar-refractivity contribution is 5.77. The molecule has 3 nitrogen and oxygen atoms in total. The highest BCUT2D eigenvalue weighted by atomic mass is 16.5. The van der Waals surface area contributed by atoms with Gasteiger partial charge < -0.3 is 10.1 Å². The van der Waals surface area contributed by atoms with Gasteiger partial charge in [-0.25, -0.2) is 0 Å². The SMILES string of the molecule is COc1ccc2c(c1)CCCC2CC(=O)NCC1CCCCC1. The second kappa shape index (κ2) is 7.85. The zero-order valence-electron chi connectivity index (χ0n) is 14.3. The van der Waals surface area contributed by atoms with Crippen LogP contribution in [0.25, 0.3) is 0 Å². The molecule has 126 valence electrons. The largest absolute Gasteiger partial charge is 0.497 e. The van der Waals surface area contributed by atoms with Crippen LogP contribution in [0.15, 0.2) is 18.2 Å². The van der Waals surface area contributed by atoms with Gasteiger partial charge in [-0.05, 0) is 67.2 Å². The lowest BCUT2D eigenvalue weighted by Gasteiger charge is -2.26. The van der Waals surface area contributed by atoms with Crippen LogP contribution in [0.1, 0.15) is 68.4 Å². The molecule has 3 heteroatoms. The first-order valence-electron chi connectivity index (χ1n) is 9.20. The maximum Gasteiger partial charge on any atom is 0.220 e. The quantitative estimate of drug-likeness (QED) is 0.884. The number of methoxy groups -OCH3 is 1. The van der Waals surface area contributed by atoms with E-state index < -0.39 is 0 Å². The highest BCUT2D eigenvalue weighted by Gasteiger charge is 2.23. The number of ether oxygens (including phenoxy) is 1. The van der Waals surface area contributed by atoms with Crippen molar-refractivity contribution in [3.8, 4) is 5.75 Å². The van der Waals surface area contributed by atoms with Crippen LogP contribution in [0.5, 0.6) is 5.75 Å². The number of nitrogens with one attached hydrogen (secondary N) is 1. The molecule has 0 radical (unpaired) electrons. The summed E-state index contributed by atoms with van der Waals surface area (Å²) >= 11 is 0. The average Bonchev–Trinajstić information content (AvgIpc) is 2.60. The van der Waals surface area contributed by atoms with E-state index in [1.807, 2.05) is 6.07 Å². The van der Waals surface area contributed by atoms with Crippen molar-refractivity contribution in [1.82, 2.24) is 5.32 Å². The van der Waals surface area contributed by atoms with E-state index in [1.54, 1.807) is 7.11 Å². The first kappa shape index (κ1) is 16.4. The molecule has 1 amide bonds. The zero-order chi connectivity index (χ0) is 16.1. The molecule has 0 aromatic heterocycles. The minimum absolute atomic E-state index is 0.226. The van der Waals surface area contributed by atoms with Gasteiger partial charge in [0.15, 0.2) is 0 Å². The molecular formula is C20H29NO2. The van der Waals surface area contributed by atoms with Gasteiger partial charge in [-0.3, -0.25) is 4.79 Å². The maximum atomic E-state index is 12.4. The molecule has 2 aliphatic carbocycles. The molecule has 1 saturated carbocycles. The molecule has 0 heterocycles. The molecule has 1 aromatic rings. The number of amides is 1. The van der Waals surface area contributed by atoms with E-state index in [0.29, 0.717) is 18.3 Å². The Balaban J connectivity index is 1.55. The number of benzene rings is 1. The summed E-state index contributed by atoms with van der Waals surface area (Å²) < 4.78 is 5.32. The molecule has 1 aromatic carbocycles. The Morgan fingerprint density at radius 2 is 2.00 bits per heavy atom.